The summed E-state index contributed by atoms with van der Waals surface area (Å²) in [6, 6.07) is 2.28. The van der Waals surface area contributed by atoms with E-state index in [1.165, 1.54) is 6.07 Å². The number of nitrogens with zero attached hydrogens (tertiary/aromatic N) is 4. The number of hydrogen-bond donors (Lipinski definition) is 1. The molecule has 0 saturated carbocycles. The van der Waals surface area contributed by atoms with E-state index in [4.69, 9.17) is 4.74 Å². The molecule has 0 aromatic carbocycles. The minimum Gasteiger partial charge on any atom is -0.379 e. The molecule has 1 aromatic heterocycles. The molecule has 3 atom stereocenters. The average molecular weight is 494 g/mol. The number of carbonyl (C=O) groups excluding carboxylic acids is 1. The summed E-state index contributed by atoms with van der Waals surface area (Å²) in [5, 5.41) is 3.56. The second-order valence-electron chi connectivity index (χ2n) is 11.2. The molecule has 4 heterocycles. The van der Waals surface area contributed by atoms with E-state index in [9.17, 15) is 13.6 Å². The highest BCUT2D eigenvalue weighted by atomic mass is 19.3. The van der Waals surface area contributed by atoms with Gasteiger partial charge in [-0.3, -0.25) is 19.6 Å². The lowest BCUT2D eigenvalue weighted by molar-refractivity contribution is -0.121. The Kier molecular flexibility index (Phi) is 7.81. The Labute approximate surface area is 208 Å². The Morgan fingerprint density at radius 1 is 1.31 bits per heavy atom. The van der Waals surface area contributed by atoms with Crippen molar-refractivity contribution in [2.75, 3.05) is 57.4 Å². The number of amides is 1. The van der Waals surface area contributed by atoms with Crippen LogP contribution in [0.3, 0.4) is 0 Å². The Balaban J connectivity index is 1.53. The number of fused-ring (bicyclic) bond motifs is 1. The van der Waals surface area contributed by atoms with Gasteiger partial charge in [-0.25, -0.2) is 0 Å². The molecule has 9 heteroatoms. The van der Waals surface area contributed by atoms with Crippen LogP contribution in [0, 0.1) is 0 Å². The third-order valence-electron chi connectivity index (χ3n) is 7.71. The number of aromatic nitrogens is 1. The number of carbonyl (C=O) groups is 1. The molecular formula is C26H41F2N5O2. The summed E-state index contributed by atoms with van der Waals surface area (Å²) in [7, 11) is 0. The molecule has 1 N–H and O–H groups in total. The number of rotatable bonds is 7. The Bertz CT molecular complexity index is 912. The zero-order chi connectivity index (χ0) is 25.4. The summed E-state index contributed by atoms with van der Waals surface area (Å²) in [5.41, 5.74) is 0.857. The summed E-state index contributed by atoms with van der Waals surface area (Å²) >= 11 is 0. The number of nitrogens with one attached hydrogen (secondary N) is 1. The first-order valence-corrected chi connectivity index (χ1v) is 13.0. The minimum absolute atomic E-state index is 0.0399. The smallest absolute Gasteiger partial charge is 0.289 e. The highest BCUT2D eigenvalue weighted by molar-refractivity contribution is 5.97. The first-order valence-electron chi connectivity index (χ1n) is 13.0. The Morgan fingerprint density at radius 2 is 2.09 bits per heavy atom. The van der Waals surface area contributed by atoms with Gasteiger partial charge in [-0.2, -0.15) is 8.78 Å². The van der Waals surface area contributed by atoms with Gasteiger partial charge in [0, 0.05) is 74.4 Å². The topological polar surface area (TPSA) is 60.9 Å². The minimum atomic E-state index is -3.00. The summed E-state index contributed by atoms with van der Waals surface area (Å²) in [5.74, 6) is -3.04. The van der Waals surface area contributed by atoms with Gasteiger partial charge in [-0.1, -0.05) is 27.2 Å². The number of alkyl halides is 2. The summed E-state index contributed by atoms with van der Waals surface area (Å²) in [4.78, 5) is 24.2. The molecule has 3 aliphatic rings. The summed E-state index contributed by atoms with van der Waals surface area (Å²) < 4.78 is 34.9. The van der Waals surface area contributed by atoms with Crippen molar-refractivity contribution >= 4 is 11.6 Å². The van der Waals surface area contributed by atoms with Gasteiger partial charge in [0.05, 0.1) is 25.4 Å². The molecule has 0 aliphatic carbocycles. The number of ether oxygens (including phenoxy) is 1. The lowest BCUT2D eigenvalue weighted by atomic mass is 9.88. The van der Waals surface area contributed by atoms with E-state index >= 15 is 0 Å². The maximum absolute atomic E-state index is 14.7. The molecule has 196 valence electrons. The third-order valence-corrected chi connectivity index (χ3v) is 7.71. The van der Waals surface area contributed by atoms with E-state index in [1.54, 1.807) is 18.0 Å². The van der Waals surface area contributed by atoms with Gasteiger partial charge in [0.25, 0.3) is 5.92 Å². The molecule has 1 amide bonds. The maximum atomic E-state index is 14.7. The van der Waals surface area contributed by atoms with Crippen LogP contribution in [0.5, 0.6) is 0 Å². The van der Waals surface area contributed by atoms with Gasteiger partial charge in [-0.15, -0.1) is 0 Å². The Hall–Kier alpha value is -1.68. The lowest BCUT2D eigenvalue weighted by Gasteiger charge is -2.43. The molecule has 0 unspecified atom stereocenters. The maximum Gasteiger partial charge on any atom is 0.289 e. The van der Waals surface area contributed by atoms with Crippen molar-refractivity contribution in [3.8, 4) is 0 Å². The van der Waals surface area contributed by atoms with Crippen LogP contribution >= 0.6 is 0 Å². The second kappa shape index (κ2) is 10.4. The monoisotopic (exact) mass is 493 g/mol. The number of piperazine rings is 1. The molecule has 0 spiro atoms. The van der Waals surface area contributed by atoms with Crippen LogP contribution in [0.25, 0.3) is 0 Å². The van der Waals surface area contributed by atoms with Gasteiger partial charge in [0.2, 0.25) is 5.91 Å². The van der Waals surface area contributed by atoms with E-state index in [0.717, 1.165) is 45.0 Å². The second-order valence-corrected chi connectivity index (χ2v) is 11.2. The summed E-state index contributed by atoms with van der Waals surface area (Å²) in [6.45, 7) is 15.7. The number of halogens is 2. The van der Waals surface area contributed by atoms with Gasteiger partial charge >= 0.3 is 0 Å². The first kappa shape index (κ1) is 26.4. The van der Waals surface area contributed by atoms with Gasteiger partial charge in [0.1, 0.15) is 5.69 Å². The molecule has 35 heavy (non-hydrogen) atoms. The van der Waals surface area contributed by atoms with Crippen LogP contribution in [0.15, 0.2) is 12.3 Å². The zero-order valence-electron chi connectivity index (χ0n) is 21.8. The normalized spacial score (nSPS) is 27.7. The van der Waals surface area contributed by atoms with Crippen LogP contribution in [-0.4, -0.2) is 91.3 Å². The van der Waals surface area contributed by atoms with Crippen LogP contribution in [0.4, 0.5) is 14.5 Å². The molecule has 2 saturated heterocycles. The number of anilines is 1. The summed E-state index contributed by atoms with van der Waals surface area (Å²) in [6.07, 6.45) is 1.66. The highest BCUT2D eigenvalue weighted by Gasteiger charge is 2.42. The molecule has 2 fully saturated rings. The van der Waals surface area contributed by atoms with E-state index in [0.29, 0.717) is 24.7 Å². The quantitative estimate of drug-likeness (QED) is 0.630. The van der Waals surface area contributed by atoms with Crippen LogP contribution < -0.4 is 10.2 Å². The number of hydrogen-bond acceptors (Lipinski definition) is 6. The van der Waals surface area contributed by atoms with Crippen molar-refractivity contribution in [1.29, 1.82) is 0 Å². The molecular weight excluding hydrogens is 452 g/mol. The van der Waals surface area contributed by atoms with Crippen molar-refractivity contribution in [1.82, 2.24) is 20.1 Å². The molecule has 0 radical (unpaired) electrons. The number of morpholine rings is 1. The first-order chi connectivity index (χ1) is 16.5. The van der Waals surface area contributed by atoms with Crippen molar-refractivity contribution in [3.05, 3.63) is 23.5 Å². The largest absolute Gasteiger partial charge is 0.379 e. The highest BCUT2D eigenvalue weighted by Crippen LogP contribution is 2.43. The van der Waals surface area contributed by atoms with Gasteiger partial charge < -0.3 is 15.0 Å². The SMILES string of the molecule is CCCC(F)(F)c1cc2c(cn1)C(C)(C)CN2C(=O)CN1C[C@@H](C)NC[C@@H]1CN1CCOC[C@H]1C. The predicted octanol–water partition coefficient (Wildman–Crippen LogP) is 2.98. The Morgan fingerprint density at radius 3 is 2.80 bits per heavy atom. The zero-order valence-corrected chi connectivity index (χ0v) is 21.8. The lowest BCUT2D eigenvalue weighted by Crippen LogP contribution is -2.62. The van der Waals surface area contributed by atoms with E-state index in [-0.39, 0.29) is 42.1 Å². The standard InChI is InChI=1S/C26H41F2N5O2/c1-6-7-26(27,28)23-10-22-21(12-30-23)25(4,5)17-33(22)24(34)15-32-13-18(2)29-11-20(32)14-31-8-9-35-16-19(31)3/h10,12,18-20,29H,6-9,11,13-17H2,1-5H3/t18-,19-,20-/m1/s1. The molecule has 3 aliphatic heterocycles. The fourth-order valence-corrected chi connectivity index (χ4v) is 5.59. The predicted molar refractivity (Wildman–Crippen MR) is 133 cm³/mol. The van der Waals surface area contributed by atoms with Gasteiger partial charge in [-0.05, 0) is 19.9 Å². The number of pyridine rings is 1. The van der Waals surface area contributed by atoms with E-state index in [1.807, 2.05) is 13.8 Å². The third kappa shape index (κ3) is 5.68. The molecule has 4 rings (SSSR count). The molecule has 1 aromatic rings. The van der Waals surface area contributed by atoms with Crippen molar-refractivity contribution in [2.45, 2.75) is 76.9 Å². The van der Waals surface area contributed by atoms with E-state index in [2.05, 4.69) is 33.9 Å². The fraction of sp³-hybridized carbons (Fsp3) is 0.769. The van der Waals surface area contributed by atoms with Crippen LogP contribution in [-0.2, 0) is 20.9 Å². The van der Waals surface area contributed by atoms with Crippen molar-refractivity contribution in [3.63, 3.8) is 0 Å². The molecule has 0 bridgehead atoms. The van der Waals surface area contributed by atoms with E-state index < -0.39 is 5.92 Å². The van der Waals surface area contributed by atoms with Crippen LogP contribution in [0.2, 0.25) is 0 Å². The van der Waals surface area contributed by atoms with Crippen LogP contribution in [0.1, 0.15) is 58.7 Å². The fourth-order valence-electron chi connectivity index (χ4n) is 5.59. The molecule has 7 nitrogen and oxygen atoms in total. The van der Waals surface area contributed by atoms with Crippen molar-refractivity contribution < 1.29 is 18.3 Å². The van der Waals surface area contributed by atoms with Crippen molar-refractivity contribution in [2.24, 2.45) is 0 Å². The van der Waals surface area contributed by atoms with Gasteiger partial charge in [0.15, 0.2) is 0 Å². The average Bonchev–Trinajstić information content (AvgIpc) is 3.07.